The van der Waals surface area contributed by atoms with Crippen LogP contribution in [0.1, 0.15) is 36.0 Å². The standard InChI is InChI=1S/C19H21N9/c1-14-16(21-9-8-20-14)13-26-11-5-15(6-12-26)19-24-23-17-3-4-18(25-28(17)19)27-10-2-7-22-27/h2-4,7-10,15H,5-6,11-13H2,1H3. The summed E-state index contributed by atoms with van der Waals surface area (Å²) in [5.41, 5.74) is 2.83. The van der Waals surface area contributed by atoms with Crippen LogP contribution >= 0.6 is 0 Å². The summed E-state index contributed by atoms with van der Waals surface area (Å²) >= 11 is 0. The van der Waals surface area contributed by atoms with Crippen LogP contribution < -0.4 is 0 Å². The van der Waals surface area contributed by atoms with Gasteiger partial charge in [-0.3, -0.25) is 14.9 Å². The third kappa shape index (κ3) is 3.13. The van der Waals surface area contributed by atoms with Crippen LogP contribution in [0, 0.1) is 6.92 Å². The molecular formula is C19H21N9. The third-order valence-electron chi connectivity index (χ3n) is 5.32. The van der Waals surface area contributed by atoms with E-state index >= 15 is 0 Å². The highest BCUT2D eigenvalue weighted by Crippen LogP contribution is 2.27. The fraction of sp³-hybridized carbons (Fsp3) is 0.368. The van der Waals surface area contributed by atoms with Crippen molar-refractivity contribution >= 4 is 5.65 Å². The molecule has 0 unspecified atom stereocenters. The monoisotopic (exact) mass is 375 g/mol. The van der Waals surface area contributed by atoms with Crippen LogP contribution in [0.25, 0.3) is 11.5 Å². The van der Waals surface area contributed by atoms with Crippen molar-refractivity contribution in [1.29, 1.82) is 0 Å². The summed E-state index contributed by atoms with van der Waals surface area (Å²) in [5.74, 6) is 2.03. The van der Waals surface area contributed by atoms with Gasteiger partial charge in [-0.25, -0.2) is 4.68 Å². The average Bonchev–Trinajstić information content (AvgIpc) is 3.40. The zero-order chi connectivity index (χ0) is 18.9. The quantitative estimate of drug-likeness (QED) is 0.537. The van der Waals surface area contributed by atoms with Gasteiger partial charge in [0.05, 0.1) is 11.4 Å². The number of hydrogen-bond acceptors (Lipinski definition) is 7. The molecule has 0 N–H and O–H groups in total. The van der Waals surface area contributed by atoms with Gasteiger partial charge in [0.25, 0.3) is 0 Å². The number of aromatic nitrogens is 8. The third-order valence-corrected chi connectivity index (χ3v) is 5.32. The molecular weight excluding hydrogens is 354 g/mol. The van der Waals surface area contributed by atoms with E-state index < -0.39 is 0 Å². The van der Waals surface area contributed by atoms with E-state index in [0.717, 1.165) is 61.2 Å². The van der Waals surface area contributed by atoms with Gasteiger partial charge in [0.1, 0.15) is 0 Å². The van der Waals surface area contributed by atoms with Gasteiger partial charge in [-0.05, 0) is 51.1 Å². The highest BCUT2D eigenvalue weighted by molar-refractivity contribution is 5.39. The normalized spacial score (nSPS) is 16.0. The van der Waals surface area contributed by atoms with E-state index in [4.69, 9.17) is 5.10 Å². The molecule has 0 saturated carbocycles. The Bertz CT molecular complexity index is 1080. The fourth-order valence-electron chi connectivity index (χ4n) is 3.73. The second-order valence-corrected chi connectivity index (χ2v) is 7.11. The molecule has 0 aliphatic carbocycles. The molecule has 1 aliphatic heterocycles. The lowest BCUT2D eigenvalue weighted by Gasteiger charge is -2.30. The Balaban J connectivity index is 1.33. The SMILES string of the molecule is Cc1nccnc1CN1CCC(c2nnc3ccc(-n4cccn4)nn23)CC1. The smallest absolute Gasteiger partial charge is 0.178 e. The molecule has 9 nitrogen and oxygen atoms in total. The molecule has 5 rings (SSSR count). The van der Waals surface area contributed by atoms with E-state index in [-0.39, 0.29) is 0 Å². The molecule has 0 spiro atoms. The molecule has 5 heterocycles. The molecule has 0 amide bonds. The molecule has 9 heteroatoms. The van der Waals surface area contributed by atoms with E-state index in [2.05, 4.69) is 30.2 Å². The largest absolute Gasteiger partial charge is 0.297 e. The number of aryl methyl sites for hydroxylation is 1. The summed E-state index contributed by atoms with van der Waals surface area (Å²) in [7, 11) is 0. The molecule has 0 radical (unpaired) electrons. The van der Waals surface area contributed by atoms with Crippen molar-refractivity contribution in [1.82, 2.24) is 44.5 Å². The molecule has 4 aromatic rings. The van der Waals surface area contributed by atoms with Crippen LogP contribution in [0.5, 0.6) is 0 Å². The van der Waals surface area contributed by atoms with Crippen molar-refractivity contribution in [2.24, 2.45) is 0 Å². The minimum atomic E-state index is 0.342. The molecule has 0 bridgehead atoms. The first kappa shape index (κ1) is 16.9. The van der Waals surface area contributed by atoms with Crippen LogP contribution in [0.4, 0.5) is 0 Å². The van der Waals surface area contributed by atoms with Crippen LogP contribution in [0.15, 0.2) is 43.0 Å². The van der Waals surface area contributed by atoms with Crippen LogP contribution in [0.2, 0.25) is 0 Å². The van der Waals surface area contributed by atoms with E-state index in [1.807, 2.05) is 35.8 Å². The molecule has 1 aliphatic rings. The Morgan fingerprint density at radius 1 is 1.04 bits per heavy atom. The van der Waals surface area contributed by atoms with Crippen molar-refractivity contribution in [3.05, 3.63) is 60.2 Å². The zero-order valence-corrected chi connectivity index (χ0v) is 15.7. The highest BCUT2D eigenvalue weighted by atomic mass is 15.4. The number of likely N-dealkylation sites (tertiary alicyclic amines) is 1. The van der Waals surface area contributed by atoms with Gasteiger partial charge in [0, 0.05) is 37.3 Å². The first-order chi connectivity index (χ1) is 13.8. The minimum Gasteiger partial charge on any atom is -0.297 e. The predicted octanol–water partition coefficient (Wildman–Crippen LogP) is 1.79. The number of fused-ring (bicyclic) bond motifs is 1. The van der Waals surface area contributed by atoms with Crippen molar-refractivity contribution in [3.8, 4) is 5.82 Å². The number of piperidine rings is 1. The highest BCUT2D eigenvalue weighted by Gasteiger charge is 2.25. The number of rotatable bonds is 4. The van der Waals surface area contributed by atoms with Crippen molar-refractivity contribution < 1.29 is 0 Å². The van der Waals surface area contributed by atoms with Gasteiger partial charge in [0.2, 0.25) is 0 Å². The second kappa shape index (κ2) is 7.08. The minimum absolute atomic E-state index is 0.342. The summed E-state index contributed by atoms with van der Waals surface area (Å²) in [6, 6.07) is 5.73. The Kier molecular flexibility index (Phi) is 4.28. The average molecular weight is 375 g/mol. The lowest BCUT2D eigenvalue weighted by molar-refractivity contribution is 0.198. The Morgan fingerprint density at radius 2 is 1.89 bits per heavy atom. The first-order valence-electron chi connectivity index (χ1n) is 9.49. The van der Waals surface area contributed by atoms with Crippen LogP contribution in [-0.4, -0.2) is 57.5 Å². The Labute approximate surface area is 162 Å². The number of nitrogens with zero attached hydrogens (tertiary/aromatic N) is 9. The van der Waals surface area contributed by atoms with Crippen LogP contribution in [-0.2, 0) is 6.54 Å². The van der Waals surface area contributed by atoms with Gasteiger partial charge in [-0.1, -0.05) is 0 Å². The van der Waals surface area contributed by atoms with E-state index in [1.165, 1.54) is 0 Å². The van der Waals surface area contributed by atoms with Crippen molar-refractivity contribution in [3.63, 3.8) is 0 Å². The maximum Gasteiger partial charge on any atom is 0.178 e. The Morgan fingerprint density at radius 3 is 2.68 bits per heavy atom. The molecule has 28 heavy (non-hydrogen) atoms. The fourth-order valence-corrected chi connectivity index (χ4v) is 3.73. The van der Waals surface area contributed by atoms with Crippen LogP contribution in [0.3, 0.4) is 0 Å². The zero-order valence-electron chi connectivity index (χ0n) is 15.7. The van der Waals surface area contributed by atoms with E-state index in [1.54, 1.807) is 23.3 Å². The maximum atomic E-state index is 4.71. The molecule has 4 aromatic heterocycles. The summed E-state index contributed by atoms with van der Waals surface area (Å²) in [4.78, 5) is 11.2. The lowest BCUT2D eigenvalue weighted by Crippen LogP contribution is -2.33. The van der Waals surface area contributed by atoms with Gasteiger partial charge in [-0.2, -0.15) is 9.61 Å². The van der Waals surface area contributed by atoms with Crippen molar-refractivity contribution in [2.75, 3.05) is 13.1 Å². The Hall–Kier alpha value is -3.20. The lowest BCUT2D eigenvalue weighted by atomic mass is 9.96. The molecule has 142 valence electrons. The van der Waals surface area contributed by atoms with Crippen molar-refractivity contribution in [2.45, 2.75) is 32.2 Å². The van der Waals surface area contributed by atoms with E-state index in [0.29, 0.717) is 5.92 Å². The summed E-state index contributed by atoms with van der Waals surface area (Å²) in [6.45, 7) is 4.85. The van der Waals surface area contributed by atoms with Gasteiger partial charge < -0.3 is 0 Å². The second-order valence-electron chi connectivity index (χ2n) is 7.11. The molecule has 1 saturated heterocycles. The summed E-state index contributed by atoms with van der Waals surface area (Å²) in [6.07, 6.45) is 9.17. The molecule has 0 aromatic carbocycles. The summed E-state index contributed by atoms with van der Waals surface area (Å²) in [5, 5.41) is 17.7. The van der Waals surface area contributed by atoms with Gasteiger partial charge in [-0.15, -0.1) is 15.3 Å². The molecule has 0 atom stereocenters. The number of hydrogen-bond donors (Lipinski definition) is 0. The van der Waals surface area contributed by atoms with Gasteiger partial charge in [0.15, 0.2) is 17.3 Å². The predicted molar refractivity (Wildman–Crippen MR) is 102 cm³/mol. The van der Waals surface area contributed by atoms with E-state index in [9.17, 15) is 0 Å². The first-order valence-corrected chi connectivity index (χ1v) is 9.49. The molecule has 1 fully saturated rings. The maximum absolute atomic E-state index is 4.71. The topological polar surface area (TPSA) is 89.9 Å². The summed E-state index contributed by atoms with van der Waals surface area (Å²) < 4.78 is 3.61. The van der Waals surface area contributed by atoms with Gasteiger partial charge >= 0.3 is 0 Å².